The maximum atomic E-state index is 4.25. The predicted octanol–water partition coefficient (Wildman–Crippen LogP) is 4.67. The normalized spacial score (nSPS) is 9.28. The molecule has 0 aliphatic carbocycles. The second-order valence-corrected chi connectivity index (χ2v) is 5.16. The van der Waals surface area contributed by atoms with E-state index in [1.165, 1.54) is 0 Å². The Kier molecular flexibility index (Phi) is 7.04. The summed E-state index contributed by atoms with van der Waals surface area (Å²) < 4.78 is 0. The molecule has 0 unspecified atom stereocenters. The molecule has 3 heteroatoms. The summed E-state index contributed by atoms with van der Waals surface area (Å²) in [7, 11) is 0. The highest BCUT2D eigenvalue weighted by Gasteiger charge is 1.94. The first-order chi connectivity index (χ1) is 11.9. The molecule has 0 aliphatic heterocycles. The summed E-state index contributed by atoms with van der Waals surface area (Å²) in [5, 5.41) is 0. The van der Waals surface area contributed by atoms with E-state index in [0.29, 0.717) is 0 Å². The van der Waals surface area contributed by atoms with Gasteiger partial charge in [-0.1, -0.05) is 72.8 Å². The van der Waals surface area contributed by atoms with Crippen molar-refractivity contribution in [1.29, 1.82) is 0 Å². The Labute approximate surface area is 148 Å². The SMILES string of the molecule is O.c1ccc(-c2ccccn2)cc1.c1ccc(-c2ccccn2)cc1. The van der Waals surface area contributed by atoms with Gasteiger partial charge in [0.1, 0.15) is 0 Å². The van der Waals surface area contributed by atoms with Crippen LogP contribution in [0.1, 0.15) is 0 Å². The summed E-state index contributed by atoms with van der Waals surface area (Å²) >= 11 is 0. The predicted molar refractivity (Wildman–Crippen MR) is 103 cm³/mol. The van der Waals surface area contributed by atoms with Gasteiger partial charge in [0.2, 0.25) is 0 Å². The maximum Gasteiger partial charge on any atom is 0.0701 e. The summed E-state index contributed by atoms with van der Waals surface area (Å²) in [6, 6.07) is 32.2. The lowest BCUT2D eigenvalue weighted by atomic mass is 10.1. The fourth-order valence-electron chi connectivity index (χ4n) is 2.28. The topological polar surface area (TPSA) is 57.3 Å². The second-order valence-electron chi connectivity index (χ2n) is 5.16. The van der Waals surface area contributed by atoms with Crippen molar-refractivity contribution in [2.75, 3.05) is 0 Å². The van der Waals surface area contributed by atoms with E-state index in [4.69, 9.17) is 0 Å². The van der Waals surface area contributed by atoms with Crippen molar-refractivity contribution in [2.24, 2.45) is 0 Å². The smallest absolute Gasteiger partial charge is 0.0701 e. The molecule has 0 bridgehead atoms. The van der Waals surface area contributed by atoms with Crippen molar-refractivity contribution < 1.29 is 5.48 Å². The number of benzene rings is 2. The number of nitrogens with zero attached hydrogens (tertiary/aromatic N) is 2. The zero-order chi connectivity index (χ0) is 16.5. The monoisotopic (exact) mass is 328 g/mol. The molecule has 0 saturated carbocycles. The van der Waals surface area contributed by atoms with Crippen molar-refractivity contribution in [3.63, 3.8) is 0 Å². The molecular weight excluding hydrogens is 308 g/mol. The Balaban J connectivity index is 0.000000173. The highest BCUT2D eigenvalue weighted by Crippen LogP contribution is 2.15. The Hall–Kier alpha value is -3.30. The zero-order valence-corrected chi connectivity index (χ0v) is 13.8. The summed E-state index contributed by atoms with van der Waals surface area (Å²) in [6.45, 7) is 0. The third-order valence-electron chi connectivity index (χ3n) is 3.47. The van der Waals surface area contributed by atoms with E-state index >= 15 is 0 Å². The maximum absolute atomic E-state index is 4.25. The summed E-state index contributed by atoms with van der Waals surface area (Å²) in [4.78, 5) is 8.50. The number of hydrogen-bond acceptors (Lipinski definition) is 2. The van der Waals surface area contributed by atoms with Crippen LogP contribution in [-0.4, -0.2) is 15.4 Å². The van der Waals surface area contributed by atoms with Crippen molar-refractivity contribution in [2.45, 2.75) is 0 Å². The van der Waals surface area contributed by atoms with Crippen LogP contribution >= 0.6 is 0 Å². The average Bonchev–Trinajstić information content (AvgIpc) is 2.71. The van der Waals surface area contributed by atoms with E-state index in [1.807, 2.05) is 85.2 Å². The van der Waals surface area contributed by atoms with Gasteiger partial charge in [0, 0.05) is 23.5 Å². The van der Waals surface area contributed by atoms with Crippen molar-refractivity contribution >= 4 is 0 Å². The van der Waals surface area contributed by atoms with Gasteiger partial charge in [-0.05, 0) is 24.3 Å². The third-order valence-corrected chi connectivity index (χ3v) is 3.47. The molecule has 2 aromatic heterocycles. The van der Waals surface area contributed by atoms with Gasteiger partial charge in [0.05, 0.1) is 11.4 Å². The van der Waals surface area contributed by atoms with Crippen LogP contribution in [0.15, 0.2) is 109 Å². The van der Waals surface area contributed by atoms with Gasteiger partial charge in [-0.15, -0.1) is 0 Å². The molecule has 0 aliphatic rings. The largest absolute Gasteiger partial charge is 0.412 e. The van der Waals surface area contributed by atoms with Gasteiger partial charge in [-0.2, -0.15) is 0 Å². The van der Waals surface area contributed by atoms with Gasteiger partial charge in [0.15, 0.2) is 0 Å². The van der Waals surface area contributed by atoms with Crippen LogP contribution in [0.3, 0.4) is 0 Å². The minimum Gasteiger partial charge on any atom is -0.412 e. The zero-order valence-electron chi connectivity index (χ0n) is 13.8. The summed E-state index contributed by atoms with van der Waals surface area (Å²) in [5.74, 6) is 0. The molecule has 2 N–H and O–H groups in total. The minimum atomic E-state index is 0. The van der Waals surface area contributed by atoms with Crippen molar-refractivity contribution in [1.82, 2.24) is 9.97 Å². The lowest BCUT2D eigenvalue weighted by molar-refractivity contribution is 0.824. The fourth-order valence-corrected chi connectivity index (χ4v) is 2.28. The van der Waals surface area contributed by atoms with Gasteiger partial charge >= 0.3 is 0 Å². The first kappa shape index (κ1) is 18.0. The molecule has 4 rings (SSSR count). The quantitative estimate of drug-likeness (QED) is 0.537. The first-order valence-electron chi connectivity index (χ1n) is 7.86. The third kappa shape index (κ3) is 5.37. The number of hydrogen-bond donors (Lipinski definition) is 0. The standard InChI is InChI=1S/2C11H9N.H2O/c2*1-2-6-10(7-3-1)11-8-4-5-9-12-11;/h2*1-9H;1H2. The molecule has 0 spiro atoms. The van der Waals surface area contributed by atoms with Crippen LogP contribution in [0.2, 0.25) is 0 Å². The Bertz CT molecular complexity index is 686. The summed E-state index contributed by atoms with van der Waals surface area (Å²) in [5.41, 5.74) is 4.38. The van der Waals surface area contributed by atoms with Gasteiger partial charge < -0.3 is 5.48 Å². The summed E-state index contributed by atoms with van der Waals surface area (Å²) in [6.07, 6.45) is 3.62. The second kappa shape index (κ2) is 9.75. The molecule has 0 radical (unpaired) electrons. The van der Waals surface area contributed by atoms with E-state index in [9.17, 15) is 0 Å². The van der Waals surface area contributed by atoms with Crippen LogP contribution in [-0.2, 0) is 0 Å². The fraction of sp³-hybridized carbons (Fsp3) is 0. The lowest BCUT2D eigenvalue weighted by Crippen LogP contribution is -1.79. The molecule has 0 atom stereocenters. The van der Waals surface area contributed by atoms with Crippen LogP contribution in [0, 0.1) is 0 Å². The van der Waals surface area contributed by atoms with Gasteiger partial charge in [-0.25, -0.2) is 0 Å². The van der Waals surface area contributed by atoms with E-state index in [2.05, 4.69) is 34.2 Å². The van der Waals surface area contributed by atoms with E-state index < -0.39 is 0 Å². The molecule has 25 heavy (non-hydrogen) atoms. The minimum absolute atomic E-state index is 0. The van der Waals surface area contributed by atoms with Crippen molar-refractivity contribution in [3.8, 4) is 22.5 Å². The molecular formula is C22H20N2O. The molecule has 124 valence electrons. The van der Waals surface area contributed by atoms with E-state index in [0.717, 1.165) is 22.5 Å². The Morgan fingerprint density at radius 2 is 0.760 bits per heavy atom. The number of pyridine rings is 2. The molecule has 2 aromatic carbocycles. The van der Waals surface area contributed by atoms with Crippen LogP contribution in [0.5, 0.6) is 0 Å². The van der Waals surface area contributed by atoms with Crippen LogP contribution in [0.25, 0.3) is 22.5 Å². The van der Waals surface area contributed by atoms with Crippen LogP contribution < -0.4 is 0 Å². The molecule has 3 nitrogen and oxygen atoms in total. The number of rotatable bonds is 2. The van der Waals surface area contributed by atoms with E-state index in [-0.39, 0.29) is 5.48 Å². The van der Waals surface area contributed by atoms with Gasteiger partial charge in [-0.3, -0.25) is 9.97 Å². The van der Waals surface area contributed by atoms with Crippen molar-refractivity contribution in [3.05, 3.63) is 109 Å². The van der Waals surface area contributed by atoms with Crippen LogP contribution in [0.4, 0.5) is 0 Å². The molecule has 4 aromatic rings. The molecule has 2 heterocycles. The average molecular weight is 328 g/mol. The molecule has 0 saturated heterocycles. The lowest BCUT2D eigenvalue weighted by Gasteiger charge is -1.97. The molecule has 0 fully saturated rings. The number of aromatic nitrogens is 2. The highest BCUT2D eigenvalue weighted by molar-refractivity contribution is 5.58. The molecule has 0 amide bonds. The Morgan fingerprint density at radius 1 is 0.400 bits per heavy atom. The first-order valence-corrected chi connectivity index (χ1v) is 7.86. The van der Waals surface area contributed by atoms with Gasteiger partial charge in [0.25, 0.3) is 0 Å². The Morgan fingerprint density at radius 3 is 1.08 bits per heavy atom. The van der Waals surface area contributed by atoms with E-state index in [1.54, 1.807) is 0 Å². The highest BCUT2D eigenvalue weighted by atomic mass is 16.0.